The number of halogens is 1. The Morgan fingerprint density at radius 3 is 2.47 bits per heavy atom. The Balaban J connectivity index is 2.95. The van der Waals surface area contributed by atoms with Crippen molar-refractivity contribution in [2.45, 2.75) is 12.7 Å². The predicted molar refractivity (Wildman–Crippen MR) is 63.7 cm³/mol. The van der Waals surface area contributed by atoms with E-state index in [0.717, 1.165) is 0 Å². The summed E-state index contributed by atoms with van der Waals surface area (Å²) in [4.78, 5) is 10.6. The molecule has 0 fully saturated rings. The molecule has 0 aromatic heterocycles. The summed E-state index contributed by atoms with van der Waals surface area (Å²) in [5.74, 6) is -1.98. The number of carboxylic acids is 1. The molecule has 6 heteroatoms. The SMILES string of the molecule is CCN=S(=O)(CC(=O)O)Cc1ccc(F)cc1. The van der Waals surface area contributed by atoms with Crippen LogP contribution in [0.25, 0.3) is 0 Å². The molecule has 1 aromatic carbocycles. The monoisotopic (exact) mass is 259 g/mol. The van der Waals surface area contributed by atoms with Crippen LogP contribution < -0.4 is 0 Å². The van der Waals surface area contributed by atoms with Crippen LogP contribution in [0.2, 0.25) is 0 Å². The third kappa shape index (κ3) is 4.52. The highest BCUT2D eigenvalue weighted by atomic mass is 32.2. The van der Waals surface area contributed by atoms with Gasteiger partial charge in [-0.1, -0.05) is 12.1 Å². The lowest BCUT2D eigenvalue weighted by atomic mass is 10.2. The minimum Gasteiger partial charge on any atom is -0.481 e. The van der Waals surface area contributed by atoms with Gasteiger partial charge in [0.05, 0.1) is 15.5 Å². The normalized spacial score (nSPS) is 14.0. The lowest BCUT2D eigenvalue weighted by molar-refractivity contribution is -0.134. The second-order valence-corrected chi connectivity index (χ2v) is 5.91. The Hall–Kier alpha value is -1.43. The molecule has 0 spiro atoms. The van der Waals surface area contributed by atoms with Crippen LogP contribution in [0.5, 0.6) is 0 Å². The first-order valence-electron chi connectivity index (χ1n) is 5.10. The lowest BCUT2D eigenvalue weighted by Gasteiger charge is -2.07. The molecule has 0 aliphatic heterocycles. The highest BCUT2D eigenvalue weighted by Crippen LogP contribution is 2.10. The van der Waals surface area contributed by atoms with E-state index >= 15 is 0 Å². The summed E-state index contributed by atoms with van der Waals surface area (Å²) in [7, 11) is -2.80. The lowest BCUT2D eigenvalue weighted by Crippen LogP contribution is -2.17. The molecule has 94 valence electrons. The van der Waals surface area contributed by atoms with Crippen LogP contribution in [-0.2, 0) is 20.3 Å². The van der Waals surface area contributed by atoms with E-state index < -0.39 is 21.5 Å². The molecule has 4 nitrogen and oxygen atoms in total. The van der Waals surface area contributed by atoms with E-state index in [1.807, 2.05) is 0 Å². The Kier molecular flexibility index (Phi) is 4.62. The zero-order valence-electron chi connectivity index (χ0n) is 9.43. The smallest absolute Gasteiger partial charge is 0.317 e. The number of hydrogen-bond acceptors (Lipinski definition) is 3. The number of hydrogen-bond donors (Lipinski definition) is 1. The summed E-state index contributed by atoms with van der Waals surface area (Å²) in [5.41, 5.74) is 0.620. The van der Waals surface area contributed by atoms with Crippen molar-refractivity contribution < 1.29 is 18.5 Å². The van der Waals surface area contributed by atoms with E-state index in [4.69, 9.17) is 5.11 Å². The first kappa shape index (κ1) is 13.6. The summed E-state index contributed by atoms with van der Waals surface area (Å²) >= 11 is 0. The van der Waals surface area contributed by atoms with Gasteiger partial charge in [0.1, 0.15) is 11.6 Å². The number of benzene rings is 1. The summed E-state index contributed by atoms with van der Waals surface area (Å²) in [6.45, 7) is 2.00. The number of rotatable bonds is 5. The van der Waals surface area contributed by atoms with Crippen LogP contribution in [0.1, 0.15) is 12.5 Å². The van der Waals surface area contributed by atoms with Gasteiger partial charge in [0.25, 0.3) is 0 Å². The van der Waals surface area contributed by atoms with Gasteiger partial charge in [-0.25, -0.2) is 13.0 Å². The van der Waals surface area contributed by atoms with E-state index in [2.05, 4.69) is 4.36 Å². The summed E-state index contributed by atoms with van der Waals surface area (Å²) in [6, 6.07) is 5.48. The largest absolute Gasteiger partial charge is 0.481 e. The van der Waals surface area contributed by atoms with Gasteiger partial charge in [-0.15, -0.1) is 0 Å². The average molecular weight is 259 g/mol. The molecule has 0 saturated carbocycles. The van der Waals surface area contributed by atoms with Crippen LogP contribution in [0.4, 0.5) is 4.39 Å². The van der Waals surface area contributed by atoms with Crippen molar-refractivity contribution in [1.29, 1.82) is 0 Å². The average Bonchev–Trinajstić information content (AvgIpc) is 2.20. The Bertz CT molecular complexity index is 504. The fraction of sp³-hybridized carbons (Fsp3) is 0.364. The zero-order valence-corrected chi connectivity index (χ0v) is 10.2. The molecule has 0 amide bonds. The maximum atomic E-state index is 12.7. The van der Waals surface area contributed by atoms with Gasteiger partial charge >= 0.3 is 5.97 Å². The van der Waals surface area contributed by atoms with Gasteiger partial charge < -0.3 is 5.11 Å². The van der Waals surface area contributed by atoms with Crippen LogP contribution in [0.3, 0.4) is 0 Å². The minimum atomic E-state index is -2.80. The highest BCUT2D eigenvalue weighted by Gasteiger charge is 2.14. The van der Waals surface area contributed by atoms with E-state index in [-0.39, 0.29) is 11.6 Å². The Labute approximate surface area is 99.7 Å². The van der Waals surface area contributed by atoms with Gasteiger partial charge in [-0.05, 0) is 24.6 Å². The molecule has 0 aliphatic carbocycles. The van der Waals surface area contributed by atoms with Crippen molar-refractivity contribution in [2.75, 3.05) is 12.3 Å². The molecule has 0 bridgehead atoms. The summed E-state index contributed by atoms with van der Waals surface area (Å²) in [6.07, 6.45) is 0. The maximum absolute atomic E-state index is 12.7. The van der Waals surface area contributed by atoms with Crippen molar-refractivity contribution >= 4 is 15.7 Å². The predicted octanol–water partition coefficient (Wildman–Crippen LogP) is 1.90. The van der Waals surface area contributed by atoms with Gasteiger partial charge in [0, 0.05) is 6.54 Å². The highest BCUT2D eigenvalue weighted by molar-refractivity contribution is 7.93. The second-order valence-electron chi connectivity index (χ2n) is 3.53. The Morgan fingerprint density at radius 2 is 2.00 bits per heavy atom. The van der Waals surface area contributed by atoms with E-state index in [0.29, 0.717) is 12.1 Å². The summed E-state index contributed by atoms with van der Waals surface area (Å²) in [5, 5.41) is 8.70. The van der Waals surface area contributed by atoms with Crippen LogP contribution in [-0.4, -0.2) is 27.6 Å². The van der Waals surface area contributed by atoms with Crippen LogP contribution >= 0.6 is 0 Å². The molecule has 0 radical (unpaired) electrons. The van der Waals surface area contributed by atoms with E-state index in [1.165, 1.54) is 24.3 Å². The molecule has 1 N–H and O–H groups in total. The third-order valence-corrected chi connectivity index (χ3v) is 4.23. The Morgan fingerprint density at radius 1 is 1.41 bits per heavy atom. The van der Waals surface area contributed by atoms with Crippen molar-refractivity contribution in [3.63, 3.8) is 0 Å². The molecule has 0 aliphatic rings. The molecule has 1 rings (SSSR count). The number of carbonyl (C=O) groups is 1. The maximum Gasteiger partial charge on any atom is 0.317 e. The first-order valence-corrected chi connectivity index (χ1v) is 6.95. The first-order chi connectivity index (χ1) is 7.95. The third-order valence-electron chi connectivity index (χ3n) is 2.02. The van der Waals surface area contributed by atoms with Crippen molar-refractivity contribution in [1.82, 2.24) is 0 Å². The number of carboxylic acid groups (broad SMARTS) is 1. The molecule has 0 saturated heterocycles. The van der Waals surface area contributed by atoms with E-state index in [9.17, 15) is 13.4 Å². The number of aliphatic carboxylic acids is 1. The topological polar surface area (TPSA) is 66.7 Å². The fourth-order valence-electron chi connectivity index (χ4n) is 1.41. The summed E-state index contributed by atoms with van der Waals surface area (Å²) < 4.78 is 28.8. The van der Waals surface area contributed by atoms with Crippen molar-refractivity contribution in [2.24, 2.45) is 4.36 Å². The standard InChI is InChI=1S/C11H14FNO3S/c1-2-13-17(16,8-11(14)15)7-9-3-5-10(12)6-4-9/h3-6H,2,7-8H2,1H3,(H,14,15). The molecule has 1 unspecified atom stereocenters. The fourth-order valence-corrected chi connectivity index (χ4v) is 3.27. The van der Waals surface area contributed by atoms with Crippen LogP contribution in [0.15, 0.2) is 28.6 Å². The molecule has 1 aromatic rings. The quantitative estimate of drug-likeness (QED) is 0.878. The van der Waals surface area contributed by atoms with E-state index in [1.54, 1.807) is 6.92 Å². The number of nitrogens with zero attached hydrogens (tertiary/aromatic N) is 1. The molecular formula is C11H14FNO3S. The molecule has 0 heterocycles. The van der Waals surface area contributed by atoms with Gasteiger partial charge in [-0.3, -0.25) is 4.79 Å². The second kappa shape index (κ2) is 5.77. The molecular weight excluding hydrogens is 245 g/mol. The van der Waals surface area contributed by atoms with Gasteiger partial charge in [0.2, 0.25) is 0 Å². The minimum absolute atomic E-state index is 0.0351. The van der Waals surface area contributed by atoms with Gasteiger partial charge in [0.15, 0.2) is 0 Å². The zero-order chi connectivity index (χ0) is 12.9. The van der Waals surface area contributed by atoms with Crippen molar-refractivity contribution in [3.05, 3.63) is 35.6 Å². The molecule has 17 heavy (non-hydrogen) atoms. The van der Waals surface area contributed by atoms with Crippen molar-refractivity contribution in [3.8, 4) is 0 Å². The molecule has 1 atom stereocenters. The van der Waals surface area contributed by atoms with Gasteiger partial charge in [-0.2, -0.15) is 0 Å². The van der Waals surface area contributed by atoms with Crippen LogP contribution in [0, 0.1) is 5.82 Å².